The summed E-state index contributed by atoms with van der Waals surface area (Å²) >= 11 is 0. The Morgan fingerprint density at radius 1 is 1.00 bits per heavy atom. The third kappa shape index (κ3) is 5.57. The molecule has 2 amide bonds. The normalized spacial score (nSPS) is 10.3. The maximum Gasteiger partial charge on any atom is 0.317 e. The second-order valence-electron chi connectivity index (χ2n) is 6.64. The number of benzene rings is 3. The molecule has 0 heterocycles. The lowest BCUT2D eigenvalue weighted by atomic mass is 10.1. The molecule has 0 saturated carbocycles. The molecule has 0 aliphatic heterocycles. The molecule has 0 unspecified atom stereocenters. The van der Waals surface area contributed by atoms with E-state index in [9.17, 15) is 14.9 Å². The molecular formula is C23H23N3O4. The van der Waals surface area contributed by atoms with Crippen LogP contribution in [0.1, 0.15) is 5.56 Å². The fourth-order valence-corrected chi connectivity index (χ4v) is 3.05. The SMILES string of the molecule is CNC(=O)N(CCOc1ccc(-c2ccccc2)cc1)Cc1cccc([N+](=O)[O-])c1. The Hall–Kier alpha value is -3.87. The molecule has 7 heteroatoms. The summed E-state index contributed by atoms with van der Waals surface area (Å²) in [7, 11) is 1.55. The monoisotopic (exact) mass is 405 g/mol. The van der Waals surface area contributed by atoms with Gasteiger partial charge in [0.15, 0.2) is 0 Å². The van der Waals surface area contributed by atoms with E-state index in [1.54, 1.807) is 24.1 Å². The first-order valence-corrected chi connectivity index (χ1v) is 9.55. The van der Waals surface area contributed by atoms with Gasteiger partial charge in [0.25, 0.3) is 5.69 Å². The van der Waals surface area contributed by atoms with Crippen molar-refractivity contribution in [3.05, 3.63) is 94.5 Å². The van der Waals surface area contributed by atoms with Gasteiger partial charge in [0.2, 0.25) is 0 Å². The zero-order valence-electron chi connectivity index (χ0n) is 16.7. The molecule has 0 bridgehead atoms. The van der Waals surface area contributed by atoms with Crippen molar-refractivity contribution in [3.63, 3.8) is 0 Å². The first kappa shape index (κ1) is 20.9. The van der Waals surface area contributed by atoms with Gasteiger partial charge < -0.3 is 15.0 Å². The number of ether oxygens (including phenoxy) is 1. The lowest BCUT2D eigenvalue weighted by Gasteiger charge is -2.22. The lowest BCUT2D eigenvalue weighted by Crippen LogP contribution is -2.40. The number of hydrogen-bond donors (Lipinski definition) is 1. The van der Waals surface area contributed by atoms with Crippen molar-refractivity contribution in [2.75, 3.05) is 20.2 Å². The van der Waals surface area contributed by atoms with Gasteiger partial charge in [0.1, 0.15) is 12.4 Å². The van der Waals surface area contributed by atoms with E-state index in [2.05, 4.69) is 5.32 Å². The highest BCUT2D eigenvalue weighted by Gasteiger charge is 2.14. The molecule has 0 aliphatic rings. The number of nitro benzene ring substituents is 1. The summed E-state index contributed by atoms with van der Waals surface area (Å²) in [5.41, 5.74) is 2.91. The van der Waals surface area contributed by atoms with Crippen molar-refractivity contribution in [3.8, 4) is 16.9 Å². The summed E-state index contributed by atoms with van der Waals surface area (Å²) in [4.78, 5) is 24.3. The summed E-state index contributed by atoms with van der Waals surface area (Å²) in [6.07, 6.45) is 0. The topological polar surface area (TPSA) is 84.7 Å². The first-order chi connectivity index (χ1) is 14.6. The summed E-state index contributed by atoms with van der Waals surface area (Å²) in [6, 6.07) is 23.8. The van der Waals surface area contributed by atoms with E-state index >= 15 is 0 Å². The molecule has 0 fully saturated rings. The number of nitro groups is 1. The van der Waals surface area contributed by atoms with Crippen molar-refractivity contribution in [1.29, 1.82) is 0 Å². The maximum absolute atomic E-state index is 12.2. The van der Waals surface area contributed by atoms with Crippen molar-refractivity contribution in [1.82, 2.24) is 10.2 Å². The van der Waals surface area contributed by atoms with Gasteiger partial charge in [-0.25, -0.2) is 4.79 Å². The van der Waals surface area contributed by atoms with Crippen molar-refractivity contribution >= 4 is 11.7 Å². The Morgan fingerprint density at radius 3 is 2.37 bits per heavy atom. The van der Waals surface area contributed by atoms with Crippen LogP contribution in [0.3, 0.4) is 0 Å². The number of carbonyl (C=O) groups is 1. The summed E-state index contributed by atoms with van der Waals surface area (Å²) in [5.74, 6) is 0.710. The van der Waals surface area contributed by atoms with Crippen LogP contribution in [0.25, 0.3) is 11.1 Å². The number of carbonyl (C=O) groups excluding carboxylic acids is 1. The molecule has 3 aromatic carbocycles. The van der Waals surface area contributed by atoms with Gasteiger partial charge in [-0.3, -0.25) is 10.1 Å². The molecule has 7 nitrogen and oxygen atoms in total. The fourth-order valence-electron chi connectivity index (χ4n) is 3.05. The largest absolute Gasteiger partial charge is 0.492 e. The molecule has 3 aromatic rings. The van der Waals surface area contributed by atoms with Crippen LogP contribution in [0.2, 0.25) is 0 Å². The van der Waals surface area contributed by atoms with Crippen LogP contribution < -0.4 is 10.1 Å². The van der Waals surface area contributed by atoms with E-state index in [-0.39, 0.29) is 18.3 Å². The Balaban J connectivity index is 1.59. The van der Waals surface area contributed by atoms with Gasteiger partial charge in [0, 0.05) is 25.7 Å². The van der Waals surface area contributed by atoms with Gasteiger partial charge in [-0.2, -0.15) is 0 Å². The van der Waals surface area contributed by atoms with Gasteiger partial charge in [-0.15, -0.1) is 0 Å². The molecule has 1 N–H and O–H groups in total. The van der Waals surface area contributed by atoms with Crippen LogP contribution in [0.4, 0.5) is 10.5 Å². The van der Waals surface area contributed by atoms with Crippen LogP contribution >= 0.6 is 0 Å². The maximum atomic E-state index is 12.2. The molecule has 154 valence electrons. The summed E-state index contributed by atoms with van der Waals surface area (Å²) in [5, 5.41) is 13.6. The van der Waals surface area contributed by atoms with Gasteiger partial charge in [-0.05, 0) is 28.8 Å². The van der Waals surface area contributed by atoms with E-state index in [4.69, 9.17) is 4.74 Å². The number of urea groups is 1. The molecule has 30 heavy (non-hydrogen) atoms. The minimum atomic E-state index is -0.448. The second-order valence-corrected chi connectivity index (χ2v) is 6.64. The Morgan fingerprint density at radius 2 is 1.70 bits per heavy atom. The average molecular weight is 405 g/mol. The predicted octanol–water partition coefficient (Wildman–Crippen LogP) is 4.48. The highest BCUT2D eigenvalue weighted by molar-refractivity contribution is 5.73. The van der Waals surface area contributed by atoms with Gasteiger partial charge in [-0.1, -0.05) is 54.6 Å². The smallest absolute Gasteiger partial charge is 0.317 e. The minimum absolute atomic E-state index is 0.000822. The Bertz CT molecular complexity index is 991. The van der Waals surface area contributed by atoms with Crippen LogP contribution in [-0.4, -0.2) is 36.1 Å². The zero-order chi connectivity index (χ0) is 21.3. The van der Waals surface area contributed by atoms with Gasteiger partial charge >= 0.3 is 6.03 Å². The van der Waals surface area contributed by atoms with Crippen molar-refractivity contribution in [2.45, 2.75) is 6.54 Å². The van der Waals surface area contributed by atoms with E-state index in [1.807, 2.05) is 54.6 Å². The van der Waals surface area contributed by atoms with Crippen molar-refractivity contribution in [2.24, 2.45) is 0 Å². The number of rotatable bonds is 8. The number of nitrogens with zero attached hydrogens (tertiary/aromatic N) is 2. The highest BCUT2D eigenvalue weighted by atomic mass is 16.6. The van der Waals surface area contributed by atoms with E-state index < -0.39 is 4.92 Å². The molecule has 3 rings (SSSR count). The predicted molar refractivity (Wildman–Crippen MR) is 115 cm³/mol. The number of amides is 2. The third-order valence-electron chi connectivity index (χ3n) is 4.59. The lowest BCUT2D eigenvalue weighted by molar-refractivity contribution is -0.384. The van der Waals surface area contributed by atoms with Crippen LogP contribution in [0.15, 0.2) is 78.9 Å². The molecule has 0 aromatic heterocycles. The number of hydrogen-bond acceptors (Lipinski definition) is 4. The molecule has 0 saturated heterocycles. The summed E-state index contributed by atoms with van der Waals surface area (Å²) < 4.78 is 5.79. The quantitative estimate of drug-likeness (QED) is 0.442. The van der Waals surface area contributed by atoms with E-state index in [0.717, 1.165) is 11.1 Å². The second kappa shape index (κ2) is 10.1. The first-order valence-electron chi connectivity index (χ1n) is 9.55. The molecular weight excluding hydrogens is 382 g/mol. The van der Waals surface area contributed by atoms with E-state index in [0.29, 0.717) is 24.5 Å². The van der Waals surface area contributed by atoms with Gasteiger partial charge in [0.05, 0.1) is 11.5 Å². The van der Waals surface area contributed by atoms with Crippen LogP contribution in [-0.2, 0) is 6.54 Å². The van der Waals surface area contributed by atoms with E-state index in [1.165, 1.54) is 12.1 Å². The third-order valence-corrected chi connectivity index (χ3v) is 4.59. The fraction of sp³-hybridized carbons (Fsp3) is 0.174. The number of non-ortho nitro benzene ring substituents is 1. The van der Waals surface area contributed by atoms with Crippen LogP contribution in [0, 0.1) is 10.1 Å². The Kier molecular flexibility index (Phi) is 7.00. The van der Waals surface area contributed by atoms with Crippen molar-refractivity contribution < 1.29 is 14.5 Å². The summed E-state index contributed by atoms with van der Waals surface area (Å²) in [6.45, 7) is 0.882. The highest BCUT2D eigenvalue weighted by Crippen LogP contribution is 2.22. The molecule has 0 radical (unpaired) electrons. The average Bonchev–Trinajstić information content (AvgIpc) is 2.79. The molecule has 0 spiro atoms. The molecule has 0 atom stereocenters. The minimum Gasteiger partial charge on any atom is -0.492 e. The zero-order valence-corrected chi connectivity index (χ0v) is 16.7. The molecule has 0 aliphatic carbocycles. The number of nitrogens with one attached hydrogen (secondary N) is 1. The standard InChI is InChI=1S/C23H23N3O4/c1-24-23(27)25(17-18-6-5-9-21(16-18)26(28)29)14-15-30-22-12-10-20(11-13-22)19-7-3-2-4-8-19/h2-13,16H,14-15,17H2,1H3,(H,24,27). The van der Waals surface area contributed by atoms with Crippen LogP contribution in [0.5, 0.6) is 5.75 Å². The Labute approximate surface area is 175 Å².